The van der Waals surface area contributed by atoms with Crippen LogP contribution < -0.4 is 4.74 Å². The second kappa shape index (κ2) is 7.09. The lowest BCUT2D eigenvalue weighted by Gasteiger charge is -2.19. The van der Waals surface area contributed by atoms with Gasteiger partial charge in [0.05, 0.1) is 17.2 Å². The SMILES string of the molecule is CCOc1ccccc1CN(C)C(=O)c1cnccc1Cl. The van der Waals surface area contributed by atoms with Crippen molar-refractivity contribution in [2.24, 2.45) is 0 Å². The summed E-state index contributed by atoms with van der Waals surface area (Å²) in [5.74, 6) is 0.622. The van der Waals surface area contributed by atoms with Crippen LogP contribution in [0.15, 0.2) is 42.7 Å². The topological polar surface area (TPSA) is 42.4 Å². The summed E-state index contributed by atoms with van der Waals surface area (Å²) in [5, 5.41) is 0.403. The van der Waals surface area contributed by atoms with Gasteiger partial charge in [0.25, 0.3) is 5.91 Å². The molecule has 0 aliphatic heterocycles. The molecule has 0 unspecified atom stereocenters. The van der Waals surface area contributed by atoms with Crippen LogP contribution in [-0.4, -0.2) is 29.4 Å². The maximum absolute atomic E-state index is 12.4. The second-order valence-corrected chi connectivity index (χ2v) is 4.96. The number of carbonyl (C=O) groups is 1. The first-order valence-electron chi connectivity index (χ1n) is 6.69. The molecule has 4 nitrogen and oxygen atoms in total. The molecule has 1 amide bonds. The average molecular weight is 305 g/mol. The number of para-hydroxylation sites is 1. The summed E-state index contributed by atoms with van der Waals surface area (Å²) in [6, 6.07) is 9.28. The van der Waals surface area contributed by atoms with Crippen molar-refractivity contribution in [1.29, 1.82) is 0 Å². The van der Waals surface area contributed by atoms with Crippen LogP contribution in [0.5, 0.6) is 5.75 Å². The van der Waals surface area contributed by atoms with Crippen LogP contribution in [0, 0.1) is 0 Å². The van der Waals surface area contributed by atoms with Gasteiger partial charge in [0.15, 0.2) is 0 Å². The minimum absolute atomic E-state index is 0.167. The first-order chi connectivity index (χ1) is 10.1. The summed E-state index contributed by atoms with van der Waals surface area (Å²) in [4.78, 5) is 17.9. The van der Waals surface area contributed by atoms with E-state index in [-0.39, 0.29) is 5.91 Å². The highest BCUT2D eigenvalue weighted by Gasteiger charge is 2.16. The molecule has 0 aliphatic carbocycles. The summed E-state index contributed by atoms with van der Waals surface area (Å²) in [7, 11) is 1.73. The fraction of sp³-hybridized carbons (Fsp3) is 0.250. The van der Waals surface area contributed by atoms with E-state index in [0.29, 0.717) is 23.7 Å². The van der Waals surface area contributed by atoms with Crippen molar-refractivity contribution >= 4 is 17.5 Å². The van der Waals surface area contributed by atoms with E-state index in [1.165, 1.54) is 6.20 Å². The molecule has 1 aromatic heterocycles. The molecule has 0 saturated heterocycles. The zero-order chi connectivity index (χ0) is 15.2. The zero-order valence-electron chi connectivity index (χ0n) is 12.0. The number of amides is 1. The molecule has 0 spiro atoms. The van der Waals surface area contributed by atoms with Gasteiger partial charge in [0.1, 0.15) is 5.75 Å². The maximum Gasteiger partial charge on any atom is 0.256 e. The Bertz CT molecular complexity index is 631. The Morgan fingerprint density at radius 1 is 1.33 bits per heavy atom. The minimum atomic E-state index is -0.167. The predicted octanol–water partition coefficient (Wildman–Crippen LogP) is 3.41. The standard InChI is InChI=1S/C16H17ClN2O2/c1-3-21-15-7-5-4-6-12(15)11-19(2)16(20)13-10-18-9-8-14(13)17/h4-10H,3,11H2,1-2H3. The van der Waals surface area contributed by atoms with E-state index in [4.69, 9.17) is 16.3 Å². The average Bonchev–Trinajstić information content (AvgIpc) is 2.49. The lowest BCUT2D eigenvalue weighted by atomic mass is 10.1. The van der Waals surface area contributed by atoms with E-state index in [1.54, 1.807) is 24.2 Å². The fourth-order valence-electron chi connectivity index (χ4n) is 2.00. The number of carbonyl (C=O) groups excluding carboxylic acids is 1. The lowest BCUT2D eigenvalue weighted by Crippen LogP contribution is -2.26. The number of rotatable bonds is 5. The molecule has 0 fully saturated rings. The largest absolute Gasteiger partial charge is 0.494 e. The Balaban J connectivity index is 2.17. The van der Waals surface area contributed by atoms with Gasteiger partial charge in [-0.25, -0.2) is 0 Å². The molecule has 5 heteroatoms. The van der Waals surface area contributed by atoms with Crippen molar-refractivity contribution in [3.8, 4) is 5.75 Å². The molecule has 0 radical (unpaired) electrons. The van der Waals surface area contributed by atoms with E-state index in [0.717, 1.165) is 11.3 Å². The number of hydrogen-bond acceptors (Lipinski definition) is 3. The first kappa shape index (κ1) is 15.3. The Morgan fingerprint density at radius 2 is 2.10 bits per heavy atom. The molecule has 0 aliphatic rings. The number of halogens is 1. The number of aromatic nitrogens is 1. The van der Waals surface area contributed by atoms with Crippen molar-refractivity contribution < 1.29 is 9.53 Å². The van der Waals surface area contributed by atoms with Crippen molar-refractivity contribution in [3.63, 3.8) is 0 Å². The van der Waals surface area contributed by atoms with Crippen LogP contribution in [-0.2, 0) is 6.54 Å². The minimum Gasteiger partial charge on any atom is -0.494 e. The molecule has 0 saturated carbocycles. The smallest absolute Gasteiger partial charge is 0.256 e. The monoisotopic (exact) mass is 304 g/mol. The summed E-state index contributed by atoms with van der Waals surface area (Å²) >= 11 is 6.03. The number of benzene rings is 1. The molecule has 110 valence electrons. The predicted molar refractivity (Wildman–Crippen MR) is 82.7 cm³/mol. The molecule has 21 heavy (non-hydrogen) atoms. The highest BCUT2D eigenvalue weighted by molar-refractivity contribution is 6.33. The maximum atomic E-state index is 12.4. The van der Waals surface area contributed by atoms with Crippen LogP contribution in [0.3, 0.4) is 0 Å². The number of hydrogen-bond donors (Lipinski definition) is 0. The normalized spacial score (nSPS) is 10.2. The van der Waals surface area contributed by atoms with Gasteiger partial charge in [-0.2, -0.15) is 0 Å². The molecular formula is C16H17ClN2O2. The van der Waals surface area contributed by atoms with E-state index in [9.17, 15) is 4.79 Å². The van der Waals surface area contributed by atoms with Crippen LogP contribution >= 0.6 is 11.6 Å². The van der Waals surface area contributed by atoms with E-state index in [2.05, 4.69) is 4.98 Å². The third-order valence-corrected chi connectivity index (χ3v) is 3.35. The van der Waals surface area contributed by atoms with Crippen molar-refractivity contribution in [3.05, 3.63) is 58.9 Å². The van der Waals surface area contributed by atoms with Gasteiger partial charge < -0.3 is 9.64 Å². The van der Waals surface area contributed by atoms with Crippen LogP contribution in [0.4, 0.5) is 0 Å². The van der Waals surface area contributed by atoms with Crippen LogP contribution in [0.2, 0.25) is 5.02 Å². The molecule has 1 aromatic carbocycles. The van der Waals surface area contributed by atoms with Gasteiger partial charge in [0, 0.05) is 31.5 Å². The number of ether oxygens (including phenoxy) is 1. The van der Waals surface area contributed by atoms with Crippen molar-refractivity contribution in [1.82, 2.24) is 9.88 Å². The third-order valence-electron chi connectivity index (χ3n) is 3.02. The lowest BCUT2D eigenvalue weighted by molar-refractivity contribution is 0.0784. The summed E-state index contributed by atoms with van der Waals surface area (Å²) < 4.78 is 5.57. The molecule has 0 N–H and O–H groups in total. The first-order valence-corrected chi connectivity index (χ1v) is 7.07. The zero-order valence-corrected chi connectivity index (χ0v) is 12.8. The Morgan fingerprint density at radius 3 is 2.81 bits per heavy atom. The van der Waals surface area contributed by atoms with E-state index >= 15 is 0 Å². The molecule has 1 heterocycles. The van der Waals surface area contributed by atoms with Crippen molar-refractivity contribution in [2.45, 2.75) is 13.5 Å². The van der Waals surface area contributed by atoms with Crippen LogP contribution in [0.1, 0.15) is 22.8 Å². The third kappa shape index (κ3) is 3.73. The van der Waals surface area contributed by atoms with Gasteiger partial charge in [-0.05, 0) is 19.1 Å². The summed E-state index contributed by atoms with van der Waals surface area (Å²) in [5.41, 5.74) is 1.35. The second-order valence-electron chi connectivity index (χ2n) is 4.56. The summed E-state index contributed by atoms with van der Waals surface area (Å²) in [6.45, 7) is 2.96. The van der Waals surface area contributed by atoms with Gasteiger partial charge in [-0.15, -0.1) is 0 Å². The highest BCUT2D eigenvalue weighted by atomic mass is 35.5. The fourth-order valence-corrected chi connectivity index (χ4v) is 2.18. The molecule has 2 aromatic rings. The van der Waals surface area contributed by atoms with Gasteiger partial charge in [0.2, 0.25) is 0 Å². The van der Waals surface area contributed by atoms with Gasteiger partial charge >= 0.3 is 0 Å². The molecule has 0 atom stereocenters. The Labute approximate surface area is 129 Å². The summed E-state index contributed by atoms with van der Waals surface area (Å²) in [6.07, 6.45) is 3.04. The highest BCUT2D eigenvalue weighted by Crippen LogP contribution is 2.21. The number of nitrogens with zero attached hydrogens (tertiary/aromatic N) is 2. The molecule has 0 bridgehead atoms. The Kier molecular flexibility index (Phi) is 5.17. The number of pyridine rings is 1. The Hall–Kier alpha value is -2.07. The molecular weight excluding hydrogens is 288 g/mol. The van der Waals surface area contributed by atoms with Crippen LogP contribution in [0.25, 0.3) is 0 Å². The molecule has 2 rings (SSSR count). The van der Waals surface area contributed by atoms with E-state index < -0.39 is 0 Å². The van der Waals surface area contributed by atoms with Crippen molar-refractivity contribution in [2.75, 3.05) is 13.7 Å². The van der Waals surface area contributed by atoms with Gasteiger partial charge in [-0.1, -0.05) is 29.8 Å². The van der Waals surface area contributed by atoms with E-state index in [1.807, 2.05) is 31.2 Å². The van der Waals surface area contributed by atoms with Gasteiger partial charge in [-0.3, -0.25) is 9.78 Å². The quantitative estimate of drug-likeness (QED) is 0.850.